The zero-order valence-electron chi connectivity index (χ0n) is 17.2. The molecule has 0 saturated heterocycles. The smallest absolute Gasteiger partial charge is 0.259 e. The second-order valence-electron chi connectivity index (χ2n) is 7.23. The first-order valence-corrected chi connectivity index (χ1v) is 9.75. The van der Waals surface area contributed by atoms with Gasteiger partial charge in [-0.25, -0.2) is 9.37 Å². The van der Waals surface area contributed by atoms with E-state index in [9.17, 15) is 9.18 Å². The highest BCUT2D eigenvalue weighted by atomic mass is 19.1. The van der Waals surface area contributed by atoms with Crippen LogP contribution in [-0.2, 0) is 6.54 Å². The molecule has 3 heterocycles. The first-order chi connectivity index (χ1) is 14.4. The third kappa shape index (κ3) is 3.56. The Morgan fingerprint density at radius 2 is 1.97 bits per heavy atom. The molecule has 7 nitrogen and oxygen atoms in total. The van der Waals surface area contributed by atoms with Crippen molar-refractivity contribution in [3.8, 4) is 11.3 Å². The maximum atomic E-state index is 13.3. The highest BCUT2D eigenvalue weighted by Gasteiger charge is 2.22. The summed E-state index contributed by atoms with van der Waals surface area (Å²) in [6.45, 7) is 8.38. The normalized spacial score (nSPS) is 12.3. The Morgan fingerprint density at radius 3 is 2.63 bits per heavy atom. The molecular formula is C22H22FN5O2. The first kappa shape index (κ1) is 19.8. The SMILES string of the molecule is CCn1cc(C(C)NC(=O)c2cc(-c3ccc(F)cc3)nc3onc(C)c23)c(C)n1. The van der Waals surface area contributed by atoms with Gasteiger partial charge in [-0.1, -0.05) is 5.16 Å². The highest BCUT2D eigenvalue weighted by molar-refractivity contribution is 6.07. The second kappa shape index (κ2) is 7.70. The largest absolute Gasteiger partial charge is 0.345 e. The Hall–Kier alpha value is -3.55. The van der Waals surface area contributed by atoms with Crippen molar-refractivity contribution < 1.29 is 13.7 Å². The maximum absolute atomic E-state index is 13.3. The summed E-state index contributed by atoms with van der Waals surface area (Å²) in [5, 5.41) is 12.0. The van der Waals surface area contributed by atoms with Gasteiger partial charge < -0.3 is 9.84 Å². The summed E-state index contributed by atoms with van der Waals surface area (Å²) in [6, 6.07) is 7.37. The molecule has 0 fully saturated rings. The number of amides is 1. The van der Waals surface area contributed by atoms with Crippen LogP contribution in [0.3, 0.4) is 0 Å². The van der Waals surface area contributed by atoms with Crippen LogP contribution < -0.4 is 5.32 Å². The number of carbonyl (C=O) groups is 1. The highest BCUT2D eigenvalue weighted by Crippen LogP contribution is 2.28. The average molecular weight is 407 g/mol. The Bertz CT molecular complexity index is 1230. The molecule has 0 saturated carbocycles. The van der Waals surface area contributed by atoms with Crippen molar-refractivity contribution in [1.29, 1.82) is 0 Å². The van der Waals surface area contributed by atoms with Gasteiger partial charge in [0, 0.05) is 23.9 Å². The van der Waals surface area contributed by atoms with Crippen molar-refractivity contribution in [3.63, 3.8) is 0 Å². The number of aromatic nitrogens is 4. The molecule has 1 aromatic carbocycles. The average Bonchev–Trinajstić information content (AvgIpc) is 3.30. The van der Waals surface area contributed by atoms with Crippen molar-refractivity contribution in [3.05, 3.63) is 64.9 Å². The van der Waals surface area contributed by atoms with E-state index < -0.39 is 0 Å². The summed E-state index contributed by atoms with van der Waals surface area (Å²) in [4.78, 5) is 17.7. The zero-order valence-corrected chi connectivity index (χ0v) is 17.2. The molecule has 8 heteroatoms. The molecule has 30 heavy (non-hydrogen) atoms. The lowest BCUT2D eigenvalue weighted by molar-refractivity contribution is 0.0941. The number of nitrogens with one attached hydrogen (secondary N) is 1. The Kier molecular flexibility index (Phi) is 5.07. The van der Waals surface area contributed by atoms with Crippen LogP contribution in [0.15, 0.2) is 41.1 Å². The number of halogens is 1. The van der Waals surface area contributed by atoms with Gasteiger partial charge in [0.25, 0.3) is 11.6 Å². The van der Waals surface area contributed by atoms with E-state index in [0.29, 0.717) is 27.9 Å². The van der Waals surface area contributed by atoms with Crippen LogP contribution in [0, 0.1) is 19.7 Å². The summed E-state index contributed by atoms with van der Waals surface area (Å²) in [7, 11) is 0. The Morgan fingerprint density at radius 1 is 1.23 bits per heavy atom. The van der Waals surface area contributed by atoms with Gasteiger partial charge in [-0.3, -0.25) is 9.48 Å². The number of nitrogens with zero attached hydrogens (tertiary/aromatic N) is 4. The van der Waals surface area contributed by atoms with Gasteiger partial charge in [0.2, 0.25) is 0 Å². The van der Waals surface area contributed by atoms with E-state index in [1.807, 2.05) is 31.6 Å². The lowest BCUT2D eigenvalue weighted by Gasteiger charge is -2.14. The molecule has 0 spiro atoms. The van der Waals surface area contributed by atoms with Gasteiger partial charge in [0.15, 0.2) is 0 Å². The fraction of sp³-hybridized carbons (Fsp3) is 0.273. The lowest BCUT2D eigenvalue weighted by atomic mass is 10.0. The van der Waals surface area contributed by atoms with Crippen molar-refractivity contribution in [2.24, 2.45) is 0 Å². The molecule has 0 radical (unpaired) electrons. The van der Waals surface area contributed by atoms with E-state index >= 15 is 0 Å². The summed E-state index contributed by atoms with van der Waals surface area (Å²) in [6.07, 6.45) is 1.94. The summed E-state index contributed by atoms with van der Waals surface area (Å²) in [5.74, 6) is -0.613. The predicted octanol–water partition coefficient (Wildman–Crippen LogP) is 4.35. The van der Waals surface area contributed by atoms with Crippen LogP contribution >= 0.6 is 0 Å². The quantitative estimate of drug-likeness (QED) is 0.531. The third-order valence-corrected chi connectivity index (χ3v) is 5.12. The molecule has 3 aromatic heterocycles. The lowest BCUT2D eigenvalue weighted by Crippen LogP contribution is -2.27. The van der Waals surface area contributed by atoms with E-state index in [1.54, 1.807) is 25.1 Å². The topological polar surface area (TPSA) is 85.8 Å². The number of hydrogen-bond acceptors (Lipinski definition) is 5. The molecule has 0 bridgehead atoms. The molecule has 4 rings (SSSR count). The molecule has 1 N–H and O–H groups in total. The molecule has 1 unspecified atom stereocenters. The van der Waals surface area contributed by atoms with Crippen LogP contribution in [0.1, 0.15) is 47.2 Å². The summed E-state index contributed by atoms with van der Waals surface area (Å²) >= 11 is 0. The standard InChI is InChI=1S/C22H22FN5O2/c1-5-28-11-18(13(3)26-28)12(2)24-21(29)17-10-19(15-6-8-16(23)9-7-15)25-22-20(17)14(4)27-30-22/h6-12H,5H2,1-4H3,(H,24,29). The minimum atomic E-state index is -0.342. The van der Waals surface area contributed by atoms with E-state index in [4.69, 9.17) is 4.52 Å². The van der Waals surface area contributed by atoms with E-state index in [0.717, 1.165) is 17.8 Å². The van der Waals surface area contributed by atoms with Gasteiger partial charge in [0.05, 0.1) is 34.1 Å². The molecule has 1 atom stereocenters. The summed E-state index contributed by atoms with van der Waals surface area (Å²) in [5.41, 5.74) is 4.26. The number of benzene rings is 1. The van der Waals surface area contributed by atoms with Gasteiger partial charge in [-0.05, 0) is 58.0 Å². The van der Waals surface area contributed by atoms with Crippen molar-refractivity contribution >= 4 is 17.0 Å². The predicted molar refractivity (Wildman–Crippen MR) is 110 cm³/mol. The van der Waals surface area contributed by atoms with Crippen LogP contribution in [0.2, 0.25) is 0 Å². The van der Waals surface area contributed by atoms with Gasteiger partial charge in [-0.2, -0.15) is 5.10 Å². The maximum Gasteiger partial charge on any atom is 0.259 e. The van der Waals surface area contributed by atoms with Crippen molar-refractivity contribution in [2.75, 3.05) is 0 Å². The van der Waals surface area contributed by atoms with Crippen LogP contribution in [-0.4, -0.2) is 25.8 Å². The number of carbonyl (C=O) groups excluding carboxylic acids is 1. The minimum Gasteiger partial charge on any atom is -0.345 e. The molecule has 1 amide bonds. The van der Waals surface area contributed by atoms with Crippen molar-refractivity contribution in [1.82, 2.24) is 25.2 Å². The number of rotatable bonds is 5. The fourth-order valence-corrected chi connectivity index (χ4v) is 3.51. The first-order valence-electron chi connectivity index (χ1n) is 9.75. The second-order valence-corrected chi connectivity index (χ2v) is 7.23. The number of fused-ring (bicyclic) bond motifs is 1. The molecule has 154 valence electrons. The molecule has 0 aliphatic heterocycles. The monoisotopic (exact) mass is 407 g/mol. The van der Waals surface area contributed by atoms with Crippen LogP contribution in [0.5, 0.6) is 0 Å². The molecule has 0 aliphatic rings. The van der Waals surface area contributed by atoms with Gasteiger partial charge in [-0.15, -0.1) is 0 Å². The third-order valence-electron chi connectivity index (χ3n) is 5.12. The minimum absolute atomic E-state index is 0.240. The van der Waals surface area contributed by atoms with E-state index in [2.05, 4.69) is 20.6 Å². The number of hydrogen-bond donors (Lipinski definition) is 1. The zero-order chi connectivity index (χ0) is 21.4. The van der Waals surface area contributed by atoms with E-state index in [1.165, 1.54) is 12.1 Å². The molecule has 0 aliphatic carbocycles. The Balaban J connectivity index is 1.72. The van der Waals surface area contributed by atoms with Gasteiger partial charge >= 0.3 is 0 Å². The van der Waals surface area contributed by atoms with Crippen LogP contribution in [0.4, 0.5) is 4.39 Å². The Labute approximate surface area is 172 Å². The fourth-order valence-electron chi connectivity index (χ4n) is 3.51. The number of pyridine rings is 1. The van der Waals surface area contributed by atoms with Gasteiger partial charge in [0.1, 0.15) is 5.82 Å². The summed E-state index contributed by atoms with van der Waals surface area (Å²) < 4.78 is 20.5. The molecule has 4 aromatic rings. The van der Waals surface area contributed by atoms with Crippen LogP contribution in [0.25, 0.3) is 22.4 Å². The number of aryl methyl sites for hydroxylation is 3. The van der Waals surface area contributed by atoms with E-state index in [-0.39, 0.29) is 23.5 Å². The van der Waals surface area contributed by atoms with Crippen molar-refractivity contribution in [2.45, 2.75) is 40.3 Å². The molecular weight excluding hydrogens is 385 g/mol.